The Labute approximate surface area is 252 Å². The molecule has 1 aromatic rings. The minimum absolute atomic E-state index is 0.101. The Kier molecular flexibility index (Phi) is 11.4. The quantitative estimate of drug-likeness (QED) is 0.276. The fourth-order valence-electron chi connectivity index (χ4n) is 5.49. The molecule has 1 N–H and O–H groups in total. The van der Waals surface area contributed by atoms with Crippen molar-refractivity contribution in [2.45, 2.75) is 117 Å². The number of carbonyl (C=O) groups excluding carboxylic acids is 2. The molecule has 1 aromatic carbocycles. The monoisotopic (exact) mass is 602 g/mol. The number of anilines is 1. The summed E-state index contributed by atoms with van der Waals surface area (Å²) in [6, 6.07) is 3.68. The Balaban J connectivity index is 1.59. The molecule has 3 rings (SSSR count). The van der Waals surface area contributed by atoms with Gasteiger partial charge in [0.25, 0.3) is 5.91 Å². The van der Waals surface area contributed by atoms with Crippen LogP contribution in [0.2, 0.25) is 0 Å². The summed E-state index contributed by atoms with van der Waals surface area (Å²) in [4.78, 5) is 31.6. The lowest BCUT2D eigenvalue weighted by molar-refractivity contribution is -0.124. The van der Waals surface area contributed by atoms with Gasteiger partial charge in [0.2, 0.25) is 10.0 Å². The lowest BCUT2D eigenvalue weighted by atomic mass is 9.89. The highest BCUT2D eigenvalue weighted by Gasteiger charge is 2.46. The second-order valence-electron chi connectivity index (χ2n) is 12.7. The minimum Gasteiger partial charge on any atom is -0.443 e. The number of aryl methyl sites for hydroxylation is 2. The maximum atomic E-state index is 13.2. The van der Waals surface area contributed by atoms with Crippen LogP contribution in [0.5, 0.6) is 0 Å². The molecule has 0 saturated carbocycles. The third kappa shape index (κ3) is 8.89. The molecular weight excluding hydrogens is 552 g/mol. The molecule has 2 heterocycles. The van der Waals surface area contributed by atoms with E-state index in [-0.39, 0.29) is 19.0 Å². The van der Waals surface area contributed by atoms with E-state index in [1.54, 1.807) is 13.1 Å². The van der Waals surface area contributed by atoms with Crippen molar-refractivity contribution in [2.24, 2.45) is 4.99 Å². The van der Waals surface area contributed by atoms with Crippen molar-refractivity contribution < 1.29 is 22.7 Å². The second kappa shape index (κ2) is 14.2. The van der Waals surface area contributed by atoms with E-state index in [2.05, 4.69) is 12.2 Å². The van der Waals surface area contributed by atoms with Gasteiger partial charge in [0.05, 0.1) is 0 Å². The molecule has 10 heteroatoms. The molecule has 1 saturated heterocycles. The van der Waals surface area contributed by atoms with Crippen molar-refractivity contribution in [3.8, 4) is 0 Å². The van der Waals surface area contributed by atoms with Crippen LogP contribution in [0.3, 0.4) is 0 Å². The predicted octanol–water partition coefficient (Wildman–Crippen LogP) is 6.48. The molecule has 0 unspecified atom stereocenters. The van der Waals surface area contributed by atoms with Crippen LogP contribution in [-0.2, 0) is 19.6 Å². The van der Waals surface area contributed by atoms with Gasteiger partial charge in [-0.05, 0) is 88.8 Å². The number of sulfonamides is 1. The van der Waals surface area contributed by atoms with Gasteiger partial charge in [0, 0.05) is 37.7 Å². The summed E-state index contributed by atoms with van der Waals surface area (Å²) in [5, 5.41) is 4.20. The molecule has 0 radical (unpaired) electrons. The molecule has 9 nitrogen and oxygen atoms in total. The summed E-state index contributed by atoms with van der Waals surface area (Å²) in [5.41, 5.74) is 1.68. The van der Waals surface area contributed by atoms with Crippen molar-refractivity contribution in [3.05, 3.63) is 34.2 Å². The topological polar surface area (TPSA) is 108 Å². The summed E-state index contributed by atoms with van der Waals surface area (Å²) in [7, 11) is -2.04. The number of rotatable bonds is 12. The maximum absolute atomic E-state index is 13.2. The van der Waals surface area contributed by atoms with Gasteiger partial charge in [-0.15, -0.1) is 0 Å². The van der Waals surface area contributed by atoms with Gasteiger partial charge >= 0.3 is 6.09 Å². The Hall–Kier alpha value is -2.72. The Bertz CT molecular complexity index is 1270. The average molecular weight is 603 g/mol. The molecule has 234 valence electrons. The number of aliphatic imine (C=N–C) groups is 1. The lowest BCUT2D eigenvalue weighted by Gasteiger charge is -2.34. The highest BCUT2D eigenvalue weighted by molar-refractivity contribution is 7.92. The zero-order valence-electron chi connectivity index (χ0n) is 26.6. The van der Waals surface area contributed by atoms with Crippen molar-refractivity contribution in [2.75, 3.05) is 25.0 Å². The zero-order chi connectivity index (χ0) is 31.1. The number of benzene rings is 1. The highest BCUT2D eigenvalue weighted by atomic mass is 32.2. The Morgan fingerprint density at radius 1 is 1.07 bits per heavy atom. The van der Waals surface area contributed by atoms with Crippen LogP contribution in [0.25, 0.3) is 6.08 Å². The standard InChI is InChI=1S/C32H50N4O5S/c1-8-9-10-11-12-13-14-15-28-33-29(37)32(34-28)17-19-36(20-18-32)42(39,40)21-16-27-24(2)22-26(23-25(27)3)35(7)30(38)41-31(4,5)6/h16,21-23H,8-15,17-20H2,1-7H3,(H,33,34,37)/b21-16+. The first kappa shape index (κ1) is 33.8. The fraction of sp³-hybridized carbons (Fsp3) is 0.656. The second-order valence-corrected chi connectivity index (χ2v) is 14.5. The number of carbonyl (C=O) groups is 2. The summed E-state index contributed by atoms with van der Waals surface area (Å²) < 4.78 is 33.4. The number of piperidine rings is 1. The lowest BCUT2D eigenvalue weighted by Crippen LogP contribution is -2.50. The Morgan fingerprint density at radius 3 is 2.21 bits per heavy atom. The summed E-state index contributed by atoms with van der Waals surface area (Å²) in [6.45, 7) is 11.9. The maximum Gasteiger partial charge on any atom is 0.414 e. The fourth-order valence-corrected chi connectivity index (χ4v) is 6.66. The van der Waals surface area contributed by atoms with Gasteiger partial charge in [-0.2, -0.15) is 4.31 Å². The molecule has 0 bridgehead atoms. The number of nitrogens with one attached hydrogen (secondary N) is 1. The molecule has 1 spiro atoms. The zero-order valence-corrected chi connectivity index (χ0v) is 27.4. The summed E-state index contributed by atoms with van der Waals surface area (Å²) in [6.07, 6.45) is 11.1. The Morgan fingerprint density at radius 2 is 1.64 bits per heavy atom. The van der Waals surface area contributed by atoms with E-state index in [9.17, 15) is 18.0 Å². The first-order valence-electron chi connectivity index (χ1n) is 15.3. The summed E-state index contributed by atoms with van der Waals surface area (Å²) in [5.74, 6) is 0.646. The number of amidine groups is 1. The van der Waals surface area contributed by atoms with E-state index in [1.165, 1.54) is 46.7 Å². The number of nitrogens with zero attached hydrogens (tertiary/aromatic N) is 3. The molecule has 0 aliphatic carbocycles. The summed E-state index contributed by atoms with van der Waals surface area (Å²) >= 11 is 0. The number of hydrogen-bond acceptors (Lipinski definition) is 6. The molecule has 42 heavy (non-hydrogen) atoms. The van der Waals surface area contributed by atoms with E-state index < -0.39 is 27.3 Å². The van der Waals surface area contributed by atoms with Crippen LogP contribution in [0.15, 0.2) is 22.5 Å². The van der Waals surface area contributed by atoms with Crippen LogP contribution in [0, 0.1) is 13.8 Å². The van der Waals surface area contributed by atoms with E-state index in [0.717, 1.165) is 41.8 Å². The normalized spacial score (nSPS) is 17.5. The largest absolute Gasteiger partial charge is 0.443 e. The molecule has 0 atom stereocenters. The molecule has 0 aromatic heterocycles. The number of ether oxygens (including phenoxy) is 1. The van der Waals surface area contributed by atoms with Gasteiger partial charge in [-0.25, -0.2) is 13.2 Å². The van der Waals surface area contributed by atoms with Gasteiger partial charge in [0.15, 0.2) is 0 Å². The smallest absolute Gasteiger partial charge is 0.414 e. The van der Waals surface area contributed by atoms with Crippen LogP contribution in [-0.4, -0.2) is 61.8 Å². The van der Waals surface area contributed by atoms with Crippen molar-refractivity contribution >= 4 is 39.6 Å². The van der Waals surface area contributed by atoms with Gasteiger partial charge < -0.3 is 10.1 Å². The van der Waals surface area contributed by atoms with Crippen LogP contribution in [0.4, 0.5) is 10.5 Å². The molecular formula is C32H50N4O5S. The third-order valence-corrected chi connectivity index (χ3v) is 9.56. The van der Waals surface area contributed by atoms with E-state index in [0.29, 0.717) is 18.5 Å². The van der Waals surface area contributed by atoms with Gasteiger partial charge in [0.1, 0.15) is 17.0 Å². The van der Waals surface area contributed by atoms with Gasteiger partial charge in [-0.1, -0.05) is 45.4 Å². The van der Waals surface area contributed by atoms with Gasteiger partial charge in [-0.3, -0.25) is 14.7 Å². The van der Waals surface area contributed by atoms with Crippen molar-refractivity contribution in [1.29, 1.82) is 0 Å². The number of amides is 2. The van der Waals surface area contributed by atoms with Crippen molar-refractivity contribution in [1.82, 2.24) is 9.62 Å². The van der Waals surface area contributed by atoms with Crippen LogP contribution >= 0.6 is 0 Å². The van der Waals surface area contributed by atoms with Crippen molar-refractivity contribution in [3.63, 3.8) is 0 Å². The van der Waals surface area contributed by atoms with E-state index >= 15 is 0 Å². The number of hydrogen-bond donors (Lipinski definition) is 1. The average Bonchev–Trinajstić information content (AvgIpc) is 3.20. The molecule has 2 aliphatic heterocycles. The first-order chi connectivity index (χ1) is 19.7. The third-order valence-electron chi connectivity index (χ3n) is 8.00. The number of unbranched alkanes of at least 4 members (excludes halogenated alkanes) is 6. The van der Waals surface area contributed by atoms with E-state index in [4.69, 9.17) is 9.73 Å². The molecule has 2 aliphatic rings. The highest BCUT2D eigenvalue weighted by Crippen LogP contribution is 2.32. The van der Waals surface area contributed by atoms with Crippen LogP contribution < -0.4 is 10.2 Å². The predicted molar refractivity (Wildman–Crippen MR) is 170 cm³/mol. The molecule has 2 amide bonds. The molecule has 1 fully saturated rings. The van der Waals surface area contributed by atoms with E-state index in [1.807, 2.05) is 46.8 Å². The van der Waals surface area contributed by atoms with Crippen LogP contribution in [0.1, 0.15) is 109 Å². The first-order valence-corrected chi connectivity index (χ1v) is 16.8. The SMILES string of the molecule is CCCCCCCCCC1=NC2(CCN(S(=O)(=O)/C=C/c3c(C)cc(N(C)C(=O)OC(C)(C)C)cc3C)CC2)C(=O)N1. The minimum atomic E-state index is -3.69.